The first-order valence-corrected chi connectivity index (χ1v) is 18.6. The highest BCUT2D eigenvalue weighted by molar-refractivity contribution is 6.99. The van der Waals surface area contributed by atoms with Gasteiger partial charge in [0.15, 0.2) is 11.6 Å². The van der Waals surface area contributed by atoms with E-state index in [1.165, 1.54) is 22.9 Å². The van der Waals surface area contributed by atoms with Gasteiger partial charge in [-0.05, 0) is 58.6 Å². The van der Waals surface area contributed by atoms with Gasteiger partial charge in [0.2, 0.25) is 0 Å². The Balaban J connectivity index is 1.46. The first-order chi connectivity index (χ1) is 23.4. The molecule has 0 unspecified atom stereocenters. The van der Waals surface area contributed by atoms with Gasteiger partial charge in [-0.3, -0.25) is 9.36 Å². The highest BCUT2D eigenvalue weighted by atomic mass is 35.5. The topological polar surface area (TPSA) is 83.9 Å². The van der Waals surface area contributed by atoms with Crippen molar-refractivity contribution in [3.05, 3.63) is 140 Å². The zero-order valence-electron chi connectivity index (χ0n) is 28.4. The summed E-state index contributed by atoms with van der Waals surface area (Å²) in [4.78, 5) is 27.6. The van der Waals surface area contributed by atoms with Crippen LogP contribution < -0.4 is 21.6 Å². The van der Waals surface area contributed by atoms with E-state index in [1.807, 2.05) is 57.2 Å². The molecule has 0 saturated heterocycles. The van der Waals surface area contributed by atoms with Gasteiger partial charge in [-0.25, -0.2) is 9.18 Å². The minimum Gasteiger partial charge on any atom is -0.400 e. The van der Waals surface area contributed by atoms with Crippen molar-refractivity contribution < 1.29 is 8.82 Å². The lowest BCUT2D eigenvalue weighted by atomic mass is 10.0. The molecule has 0 fully saturated rings. The van der Waals surface area contributed by atoms with E-state index in [0.717, 1.165) is 15.1 Å². The molecule has 0 aliphatic rings. The van der Waals surface area contributed by atoms with E-state index in [0.29, 0.717) is 34.5 Å². The van der Waals surface area contributed by atoms with Crippen molar-refractivity contribution in [2.75, 3.05) is 0 Å². The summed E-state index contributed by atoms with van der Waals surface area (Å²) in [6, 6.07) is 29.9. The minimum absolute atomic E-state index is 0.0738. The highest BCUT2D eigenvalue weighted by Crippen LogP contribution is 2.37. The lowest BCUT2D eigenvalue weighted by Gasteiger charge is -2.42. The lowest BCUT2D eigenvalue weighted by Crippen LogP contribution is -2.66. The molecule has 0 spiro atoms. The molecule has 6 aromatic rings. The predicted molar refractivity (Wildman–Crippen MR) is 196 cm³/mol. The maximum Gasteiger partial charge on any atom is 0.350 e. The molecule has 0 saturated carbocycles. The molecule has 4 aromatic carbocycles. The van der Waals surface area contributed by atoms with E-state index < -0.39 is 19.7 Å². The number of hydrogen-bond acceptors (Lipinski definition) is 5. The molecule has 0 amide bonds. The number of benzene rings is 4. The van der Waals surface area contributed by atoms with Gasteiger partial charge in [0.05, 0.1) is 28.4 Å². The minimum atomic E-state index is -2.91. The molecule has 0 N–H and O–H groups in total. The third-order valence-corrected chi connectivity index (χ3v) is 14.2. The summed E-state index contributed by atoms with van der Waals surface area (Å²) in [7, 11) is -2.91. The molecule has 11 heteroatoms. The Morgan fingerprint density at radius 3 is 2.02 bits per heavy atom. The molecule has 2 heterocycles. The Kier molecular flexibility index (Phi) is 9.32. The molecule has 0 aliphatic heterocycles. The second-order valence-electron chi connectivity index (χ2n) is 13.4. The van der Waals surface area contributed by atoms with Crippen LogP contribution in [0.3, 0.4) is 0 Å². The van der Waals surface area contributed by atoms with E-state index in [4.69, 9.17) is 21.1 Å². The van der Waals surface area contributed by atoms with Crippen molar-refractivity contribution >= 4 is 41.1 Å². The largest absolute Gasteiger partial charge is 0.400 e. The van der Waals surface area contributed by atoms with Crippen LogP contribution in [0, 0.1) is 5.82 Å². The Morgan fingerprint density at radius 2 is 1.47 bits per heavy atom. The second kappa shape index (κ2) is 13.3. The standard InChI is InChI=1S/C38H39ClFN5O3Si/c1-7-43-33(24-48-49(38(4,5)6,27-15-10-8-11-16-27)28-17-12-9-13-18-28)41-44(37(43)47)26-21-22-29-30(23-26)34(25(2)3)42-45(36(29)46)35-31(39)19-14-20-32(35)40/h8-23,25H,7,24H2,1-6H3. The van der Waals surface area contributed by atoms with Crippen molar-refractivity contribution in [3.8, 4) is 11.4 Å². The van der Waals surface area contributed by atoms with Gasteiger partial charge in [-0.15, -0.1) is 5.10 Å². The van der Waals surface area contributed by atoms with Crippen molar-refractivity contribution in [2.24, 2.45) is 0 Å². The number of nitrogens with zero attached hydrogens (tertiary/aromatic N) is 5. The van der Waals surface area contributed by atoms with Gasteiger partial charge in [-0.1, -0.05) is 113 Å². The number of para-hydroxylation sites is 1. The average molecular weight is 696 g/mol. The first-order valence-electron chi connectivity index (χ1n) is 16.3. The fourth-order valence-corrected chi connectivity index (χ4v) is 11.4. The highest BCUT2D eigenvalue weighted by Gasteiger charge is 2.50. The zero-order valence-corrected chi connectivity index (χ0v) is 30.2. The maximum absolute atomic E-state index is 14.9. The molecule has 49 heavy (non-hydrogen) atoms. The molecular weight excluding hydrogens is 657 g/mol. The van der Waals surface area contributed by atoms with Crippen LogP contribution in [0.4, 0.5) is 4.39 Å². The summed E-state index contributed by atoms with van der Waals surface area (Å²) in [5.41, 5.74) is 0.0675. The fraction of sp³-hybridized carbons (Fsp3) is 0.263. The van der Waals surface area contributed by atoms with E-state index in [2.05, 4.69) is 50.1 Å². The summed E-state index contributed by atoms with van der Waals surface area (Å²) >= 11 is 6.32. The monoisotopic (exact) mass is 695 g/mol. The number of hydrogen-bond donors (Lipinski definition) is 0. The smallest absolute Gasteiger partial charge is 0.350 e. The van der Waals surface area contributed by atoms with E-state index in [-0.39, 0.29) is 34.0 Å². The molecule has 252 valence electrons. The van der Waals surface area contributed by atoms with Crippen LogP contribution in [0.15, 0.2) is 107 Å². The number of fused-ring (bicyclic) bond motifs is 1. The van der Waals surface area contributed by atoms with Gasteiger partial charge < -0.3 is 4.43 Å². The molecule has 0 bridgehead atoms. The van der Waals surface area contributed by atoms with E-state index >= 15 is 0 Å². The molecule has 0 atom stereocenters. The average Bonchev–Trinajstić information content (AvgIpc) is 3.40. The molecule has 0 radical (unpaired) electrons. The van der Waals surface area contributed by atoms with Gasteiger partial charge in [0.1, 0.15) is 5.69 Å². The summed E-state index contributed by atoms with van der Waals surface area (Å²) in [5, 5.41) is 12.3. The first kappa shape index (κ1) is 34.2. The summed E-state index contributed by atoms with van der Waals surface area (Å²) < 4.78 is 26.0. The van der Waals surface area contributed by atoms with Crippen molar-refractivity contribution in [1.82, 2.24) is 24.1 Å². The number of halogens is 2. The van der Waals surface area contributed by atoms with E-state index in [9.17, 15) is 14.0 Å². The third kappa shape index (κ3) is 5.98. The summed E-state index contributed by atoms with van der Waals surface area (Å²) in [6.45, 7) is 12.9. The second-order valence-corrected chi connectivity index (χ2v) is 18.1. The predicted octanol–water partition coefficient (Wildman–Crippen LogP) is 6.75. The van der Waals surface area contributed by atoms with Crippen LogP contribution in [0.5, 0.6) is 0 Å². The zero-order chi connectivity index (χ0) is 35.1. The van der Waals surface area contributed by atoms with Gasteiger partial charge in [-0.2, -0.15) is 14.5 Å². The molecule has 8 nitrogen and oxygen atoms in total. The molecule has 2 aromatic heterocycles. The summed E-state index contributed by atoms with van der Waals surface area (Å²) in [5.74, 6) is -0.305. The van der Waals surface area contributed by atoms with Crippen LogP contribution in [-0.4, -0.2) is 32.4 Å². The SMILES string of the molecule is CCn1c(CO[Si](c2ccccc2)(c2ccccc2)C(C)(C)C)nn(-c2ccc3c(=O)n(-c4c(F)cccc4Cl)nc(C(C)C)c3c2)c1=O. The quantitative estimate of drug-likeness (QED) is 0.156. The van der Waals surface area contributed by atoms with Crippen molar-refractivity contribution in [2.45, 2.75) is 65.7 Å². The Labute approximate surface area is 290 Å². The summed E-state index contributed by atoms with van der Waals surface area (Å²) in [6.07, 6.45) is 0. The normalized spacial score (nSPS) is 12.3. The van der Waals surface area contributed by atoms with Crippen LogP contribution in [0.25, 0.3) is 22.1 Å². The van der Waals surface area contributed by atoms with Crippen LogP contribution >= 0.6 is 11.6 Å². The maximum atomic E-state index is 14.9. The molecular formula is C38H39ClFN5O3Si. The van der Waals surface area contributed by atoms with Gasteiger partial charge >= 0.3 is 5.69 Å². The van der Waals surface area contributed by atoms with E-state index in [1.54, 1.807) is 22.8 Å². The molecule has 6 rings (SSSR count). The van der Waals surface area contributed by atoms with Gasteiger partial charge in [0.25, 0.3) is 13.9 Å². The Morgan fingerprint density at radius 1 is 0.837 bits per heavy atom. The van der Waals surface area contributed by atoms with Crippen LogP contribution in [0.1, 0.15) is 59.0 Å². The van der Waals surface area contributed by atoms with Gasteiger partial charge in [0, 0.05) is 11.9 Å². The Hall–Kier alpha value is -4.64. The van der Waals surface area contributed by atoms with Crippen molar-refractivity contribution in [3.63, 3.8) is 0 Å². The lowest BCUT2D eigenvalue weighted by molar-refractivity contribution is 0.270. The number of rotatable bonds is 9. The fourth-order valence-electron chi connectivity index (χ4n) is 6.62. The van der Waals surface area contributed by atoms with Crippen molar-refractivity contribution in [1.29, 1.82) is 0 Å². The molecule has 0 aliphatic carbocycles. The Bertz CT molecular complexity index is 2200. The van der Waals surface area contributed by atoms with Crippen LogP contribution in [-0.2, 0) is 17.6 Å². The third-order valence-electron chi connectivity index (χ3n) is 8.94. The van der Waals surface area contributed by atoms with Crippen LogP contribution in [0.2, 0.25) is 10.1 Å². The number of aromatic nitrogens is 5.